The van der Waals surface area contributed by atoms with Crippen LogP contribution in [0, 0.1) is 2.88 Å². The molecule has 5 heteroatoms. The van der Waals surface area contributed by atoms with Gasteiger partial charge in [-0.1, -0.05) is 6.92 Å². The normalized spacial score (nSPS) is 17.9. The average molecular weight is 378 g/mol. The zero-order chi connectivity index (χ0) is 13.1. The number of carbonyl (C=O) groups excluding carboxylic acids is 1. The largest absolute Gasteiger partial charge is 0.339 e. The van der Waals surface area contributed by atoms with E-state index in [4.69, 9.17) is 0 Å². The summed E-state index contributed by atoms with van der Waals surface area (Å²) in [6.45, 7) is 5.54. The van der Waals surface area contributed by atoms with Crippen molar-refractivity contribution in [3.05, 3.63) is 19.9 Å². The first-order valence-electron chi connectivity index (χ1n) is 6.35. The molecule has 1 fully saturated rings. The summed E-state index contributed by atoms with van der Waals surface area (Å²) in [4.78, 5) is 16.7. The predicted molar refractivity (Wildman–Crippen MR) is 84.3 cm³/mol. The lowest BCUT2D eigenvalue weighted by Crippen LogP contribution is -2.45. The summed E-state index contributed by atoms with van der Waals surface area (Å²) < 4.78 is 1.17. The molecular formula is C13H19IN2OS. The third-order valence-corrected chi connectivity index (χ3v) is 5.48. The van der Waals surface area contributed by atoms with Crippen LogP contribution in [0.3, 0.4) is 0 Å². The van der Waals surface area contributed by atoms with Gasteiger partial charge in [0.05, 0.1) is 8.45 Å². The van der Waals surface area contributed by atoms with Crippen molar-refractivity contribution in [2.24, 2.45) is 0 Å². The maximum Gasteiger partial charge on any atom is 0.254 e. The van der Waals surface area contributed by atoms with Crippen molar-refractivity contribution in [1.82, 2.24) is 9.80 Å². The summed E-state index contributed by atoms with van der Waals surface area (Å²) in [5, 5.41) is 1.96. The Labute approximate surface area is 126 Å². The fourth-order valence-corrected chi connectivity index (χ4v) is 3.73. The SMILES string of the molecule is CCN1CCC(N(C)C(=O)c2csc(I)c2)CC1. The standard InChI is InChI=1S/C13H19IN2OS/c1-3-16-6-4-11(5-7-16)15(2)13(17)10-8-12(14)18-9-10/h8-9,11H,3-7H2,1-2H3. The van der Waals surface area contributed by atoms with Crippen molar-refractivity contribution in [3.63, 3.8) is 0 Å². The first-order chi connectivity index (χ1) is 8.61. The second kappa shape index (κ2) is 6.34. The lowest BCUT2D eigenvalue weighted by molar-refractivity contribution is 0.0647. The van der Waals surface area contributed by atoms with Crippen LogP contribution < -0.4 is 0 Å². The Balaban J connectivity index is 1.95. The predicted octanol–water partition coefficient (Wildman–Crippen LogP) is 2.91. The summed E-state index contributed by atoms with van der Waals surface area (Å²) in [6, 6.07) is 2.38. The Morgan fingerprint density at radius 3 is 2.72 bits per heavy atom. The van der Waals surface area contributed by atoms with Crippen LogP contribution in [0.5, 0.6) is 0 Å². The highest BCUT2D eigenvalue weighted by Gasteiger charge is 2.25. The van der Waals surface area contributed by atoms with Gasteiger partial charge in [-0.15, -0.1) is 11.3 Å². The van der Waals surface area contributed by atoms with Gasteiger partial charge in [-0.3, -0.25) is 4.79 Å². The Kier molecular flexibility index (Phi) is 5.03. The molecule has 100 valence electrons. The van der Waals surface area contributed by atoms with Crippen molar-refractivity contribution >= 4 is 39.8 Å². The van der Waals surface area contributed by atoms with Crippen LogP contribution in [0.2, 0.25) is 0 Å². The monoisotopic (exact) mass is 378 g/mol. The molecular weight excluding hydrogens is 359 g/mol. The van der Waals surface area contributed by atoms with Gasteiger partial charge in [0.1, 0.15) is 0 Å². The van der Waals surface area contributed by atoms with Gasteiger partial charge in [-0.05, 0) is 48.0 Å². The van der Waals surface area contributed by atoms with Crippen molar-refractivity contribution in [1.29, 1.82) is 0 Å². The van der Waals surface area contributed by atoms with Gasteiger partial charge in [0, 0.05) is 31.6 Å². The van der Waals surface area contributed by atoms with Crippen molar-refractivity contribution in [2.75, 3.05) is 26.7 Å². The molecule has 2 heterocycles. The van der Waals surface area contributed by atoms with E-state index in [0.717, 1.165) is 38.0 Å². The number of nitrogens with zero attached hydrogens (tertiary/aromatic N) is 2. The fourth-order valence-electron chi connectivity index (χ4n) is 2.41. The molecule has 1 aliphatic heterocycles. The maximum absolute atomic E-state index is 12.3. The zero-order valence-electron chi connectivity index (χ0n) is 10.9. The second-order valence-corrected chi connectivity index (χ2v) is 7.53. The molecule has 1 saturated heterocycles. The highest BCUT2D eigenvalue weighted by molar-refractivity contribution is 14.1. The van der Waals surface area contributed by atoms with Gasteiger partial charge in [0.2, 0.25) is 0 Å². The Hall–Kier alpha value is -0.140. The van der Waals surface area contributed by atoms with Gasteiger partial charge in [0.15, 0.2) is 0 Å². The molecule has 3 nitrogen and oxygen atoms in total. The molecule has 1 aromatic rings. The van der Waals surface area contributed by atoms with E-state index >= 15 is 0 Å². The van der Waals surface area contributed by atoms with Gasteiger partial charge < -0.3 is 9.80 Å². The molecule has 1 aliphatic rings. The molecule has 0 radical (unpaired) electrons. The molecule has 0 aliphatic carbocycles. The second-order valence-electron chi connectivity index (χ2n) is 4.72. The quantitative estimate of drug-likeness (QED) is 0.756. The number of carbonyl (C=O) groups is 1. The molecule has 1 aromatic heterocycles. The van der Waals surface area contributed by atoms with Crippen LogP contribution in [0.25, 0.3) is 0 Å². The van der Waals surface area contributed by atoms with Gasteiger partial charge in [-0.2, -0.15) is 0 Å². The van der Waals surface area contributed by atoms with E-state index in [1.54, 1.807) is 11.3 Å². The summed E-state index contributed by atoms with van der Waals surface area (Å²) in [7, 11) is 1.94. The van der Waals surface area contributed by atoms with E-state index in [9.17, 15) is 4.79 Å². The highest BCUT2D eigenvalue weighted by atomic mass is 127. The van der Waals surface area contributed by atoms with E-state index in [1.165, 1.54) is 2.88 Å². The molecule has 18 heavy (non-hydrogen) atoms. The maximum atomic E-state index is 12.3. The Bertz CT molecular complexity index is 413. The van der Waals surface area contributed by atoms with Gasteiger partial charge in [0.25, 0.3) is 5.91 Å². The minimum atomic E-state index is 0.170. The highest BCUT2D eigenvalue weighted by Crippen LogP contribution is 2.21. The number of likely N-dealkylation sites (tertiary alicyclic amines) is 1. The third kappa shape index (κ3) is 3.24. The molecule has 1 amide bonds. The van der Waals surface area contributed by atoms with Crippen molar-refractivity contribution in [3.8, 4) is 0 Å². The van der Waals surface area contributed by atoms with Crippen LogP contribution in [0.4, 0.5) is 0 Å². The zero-order valence-corrected chi connectivity index (χ0v) is 13.8. The molecule has 0 aromatic carbocycles. The topological polar surface area (TPSA) is 23.6 Å². The van der Waals surface area contributed by atoms with Crippen LogP contribution in [0.15, 0.2) is 11.4 Å². The third-order valence-electron chi connectivity index (χ3n) is 3.69. The number of piperidine rings is 1. The molecule has 0 unspecified atom stereocenters. The minimum absolute atomic E-state index is 0.170. The number of halogens is 1. The summed E-state index contributed by atoms with van der Waals surface area (Å²) in [6.07, 6.45) is 2.19. The number of amides is 1. The first kappa shape index (κ1) is 14.3. The summed E-state index contributed by atoms with van der Waals surface area (Å²) in [5.74, 6) is 0.170. The number of rotatable bonds is 3. The smallest absolute Gasteiger partial charge is 0.254 e. The molecule has 0 saturated carbocycles. The van der Waals surface area contributed by atoms with Crippen LogP contribution in [-0.4, -0.2) is 48.4 Å². The summed E-state index contributed by atoms with van der Waals surface area (Å²) >= 11 is 3.89. The number of hydrogen-bond acceptors (Lipinski definition) is 3. The Morgan fingerprint density at radius 2 is 2.22 bits per heavy atom. The molecule has 0 N–H and O–H groups in total. The van der Waals surface area contributed by atoms with E-state index in [1.807, 2.05) is 23.4 Å². The van der Waals surface area contributed by atoms with Gasteiger partial charge >= 0.3 is 0 Å². The van der Waals surface area contributed by atoms with Crippen molar-refractivity contribution < 1.29 is 4.79 Å². The van der Waals surface area contributed by atoms with Gasteiger partial charge in [-0.25, -0.2) is 0 Å². The number of hydrogen-bond donors (Lipinski definition) is 0. The van der Waals surface area contributed by atoms with Crippen LogP contribution in [-0.2, 0) is 0 Å². The molecule has 0 atom stereocenters. The number of thiophene rings is 1. The molecule has 0 bridgehead atoms. The van der Waals surface area contributed by atoms with Crippen LogP contribution >= 0.6 is 33.9 Å². The van der Waals surface area contributed by atoms with E-state index in [-0.39, 0.29) is 5.91 Å². The van der Waals surface area contributed by atoms with E-state index < -0.39 is 0 Å². The van der Waals surface area contributed by atoms with E-state index in [0.29, 0.717) is 6.04 Å². The molecule has 0 spiro atoms. The van der Waals surface area contributed by atoms with Crippen LogP contribution in [0.1, 0.15) is 30.1 Å². The average Bonchev–Trinajstić information content (AvgIpc) is 2.84. The lowest BCUT2D eigenvalue weighted by Gasteiger charge is -2.36. The van der Waals surface area contributed by atoms with Crippen molar-refractivity contribution in [2.45, 2.75) is 25.8 Å². The minimum Gasteiger partial charge on any atom is -0.339 e. The molecule has 2 rings (SSSR count). The first-order valence-corrected chi connectivity index (χ1v) is 8.31. The fraction of sp³-hybridized carbons (Fsp3) is 0.615. The summed E-state index contributed by atoms with van der Waals surface area (Å²) in [5.41, 5.74) is 0.838. The Morgan fingerprint density at radius 1 is 1.56 bits per heavy atom. The van der Waals surface area contributed by atoms with E-state index in [2.05, 4.69) is 34.4 Å². The lowest BCUT2D eigenvalue weighted by atomic mass is 10.0.